The first-order valence-electron chi connectivity index (χ1n) is 5.28. The van der Waals surface area contributed by atoms with E-state index >= 15 is 0 Å². The maximum absolute atomic E-state index is 11.5. The van der Waals surface area contributed by atoms with E-state index in [1.54, 1.807) is 0 Å². The summed E-state index contributed by atoms with van der Waals surface area (Å²) in [6.45, 7) is 1.47. The predicted molar refractivity (Wildman–Crippen MR) is 64.3 cm³/mol. The number of thioether (sulfide) groups is 1. The molecule has 0 saturated carbocycles. The molecule has 98 valence electrons. The molecule has 0 aliphatic carbocycles. The first-order chi connectivity index (χ1) is 8.56. The maximum Gasteiger partial charge on any atom is 0.330 e. The van der Waals surface area contributed by atoms with Crippen LogP contribution in [-0.4, -0.2) is 33.3 Å². The lowest BCUT2D eigenvalue weighted by molar-refractivity contribution is -0.144. The number of hydrogen-bond acceptors (Lipinski definition) is 6. The van der Waals surface area contributed by atoms with Crippen molar-refractivity contribution in [3.8, 4) is 0 Å². The van der Waals surface area contributed by atoms with Crippen molar-refractivity contribution in [2.75, 3.05) is 12.4 Å². The quantitative estimate of drug-likeness (QED) is 0.759. The van der Waals surface area contributed by atoms with Gasteiger partial charge in [0.2, 0.25) is 0 Å². The Morgan fingerprint density at radius 2 is 2.44 bits per heavy atom. The van der Waals surface area contributed by atoms with Gasteiger partial charge >= 0.3 is 11.7 Å². The zero-order valence-corrected chi connectivity index (χ0v) is 10.4. The summed E-state index contributed by atoms with van der Waals surface area (Å²) >= 11 is 1.45. The number of esters is 1. The molecule has 1 fully saturated rings. The molecule has 2 atom stereocenters. The Labute approximate surface area is 106 Å². The van der Waals surface area contributed by atoms with Crippen molar-refractivity contribution in [1.82, 2.24) is 9.55 Å². The van der Waals surface area contributed by atoms with E-state index in [0.717, 1.165) is 0 Å². The molecule has 1 aromatic rings. The monoisotopic (exact) mass is 272 g/mol. The van der Waals surface area contributed by atoms with E-state index in [1.165, 1.54) is 35.5 Å². The number of aromatic nitrogens is 2. The minimum Gasteiger partial charge on any atom is -0.462 e. The largest absolute Gasteiger partial charge is 0.462 e. The number of nitrogens with zero attached hydrogens (tertiary/aromatic N) is 1. The lowest BCUT2D eigenvalue weighted by Crippen LogP contribution is -2.32. The second kappa shape index (κ2) is 5.40. The van der Waals surface area contributed by atoms with E-state index in [9.17, 15) is 14.4 Å². The van der Waals surface area contributed by atoms with Crippen LogP contribution in [0.2, 0.25) is 0 Å². The van der Waals surface area contributed by atoms with Crippen LogP contribution in [0, 0.1) is 0 Å². The second-order valence-corrected chi connectivity index (χ2v) is 4.87. The molecular weight excluding hydrogens is 260 g/mol. The molecule has 8 heteroatoms. The third kappa shape index (κ3) is 3.02. The Bertz CT molecular complexity index is 552. The summed E-state index contributed by atoms with van der Waals surface area (Å²) in [6.07, 6.45) is 0.931. The van der Waals surface area contributed by atoms with Gasteiger partial charge in [0.25, 0.3) is 5.56 Å². The van der Waals surface area contributed by atoms with Gasteiger partial charge in [0, 0.05) is 24.9 Å². The number of carbonyl (C=O) groups excluding carboxylic acids is 1. The van der Waals surface area contributed by atoms with Crippen LogP contribution in [0.25, 0.3) is 0 Å². The van der Waals surface area contributed by atoms with Crippen LogP contribution in [0.3, 0.4) is 0 Å². The van der Waals surface area contributed by atoms with Gasteiger partial charge in [-0.05, 0) is 0 Å². The molecule has 2 heterocycles. The van der Waals surface area contributed by atoms with Gasteiger partial charge in [-0.25, -0.2) is 4.79 Å². The fraction of sp³-hybridized carbons (Fsp3) is 0.500. The molecule has 18 heavy (non-hydrogen) atoms. The molecule has 0 unspecified atom stereocenters. The average molecular weight is 272 g/mol. The summed E-state index contributed by atoms with van der Waals surface area (Å²) in [6, 6.07) is 1.26. The topological polar surface area (TPSA) is 90.4 Å². The smallest absolute Gasteiger partial charge is 0.330 e. The molecule has 1 saturated heterocycles. The minimum absolute atomic E-state index is 0.147. The van der Waals surface area contributed by atoms with Gasteiger partial charge < -0.3 is 9.47 Å². The van der Waals surface area contributed by atoms with Crippen LogP contribution in [0.4, 0.5) is 0 Å². The lowest BCUT2D eigenvalue weighted by atomic mass is 10.5. The Kier molecular flexibility index (Phi) is 3.87. The van der Waals surface area contributed by atoms with Crippen LogP contribution in [-0.2, 0) is 14.3 Å². The Morgan fingerprint density at radius 1 is 1.67 bits per heavy atom. The van der Waals surface area contributed by atoms with Crippen LogP contribution >= 0.6 is 11.8 Å². The predicted octanol–water partition coefficient (Wildman–Crippen LogP) is -0.312. The van der Waals surface area contributed by atoms with Crippen LogP contribution in [0.15, 0.2) is 21.9 Å². The van der Waals surface area contributed by atoms with E-state index < -0.39 is 17.5 Å². The van der Waals surface area contributed by atoms with Crippen molar-refractivity contribution < 1.29 is 14.3 Å². The zero-order valence-electron chi connectivity index (χ0n) is 9.62. The van der Waals surface area contributed by atoms with Crippen molar-refractivity contribution in [3.05, 3.63) is 33.1 Å². The van der Waals surface area contributed by atoms with Crippen LogP contribution in [0.5, 0.6) is 0 Å². The fourth-order valence-corrected chi connectivity index (χ4v) is 2.51. The molecule has 0 spiro atoms. The Balaban J connectivity index is 2.02. The molecule has 2 rings (SSSR count). The molecule has 0 amide bonds. The van der Waals surface area contributed by atoms with E-state index in [-0.39, 0.29) is 18.0 Å². The van der Waals surface area contributed by atoms with Gasteiger partial charge in [-0.3, -0.25) is 19.1 Å². The summed E-state index contributed by atoms with van der Waals surface area (Å²) in [5, 5.41) is 0. The summed E-state index contributed by atoms with van der Waals surface area (Å²) in [5.41, 5.74) is -1.25. The number of nitrogens with one attached hydrogen (secondary N) is 1. The van der Waals surface area contributed by atoms with Gasteiger partial charge in [0.15, 0.2) is 0 Å². The van der Waals surface area contributed by atoms with Gasteiger partial charge in [-0.1, -0.05) is 0 Å². The maximum atomic E-state index is 11.5. The number of aromatic amines is 1. The fourth-order valence-electron chi connectivity index (χ4n) is 1.52. The molecule has 0 aromatic carbocycles. The number of rotatable bonds is 3. The number of H-pyrrole nitrogens is 1. The molecule has 1 aliphatic rings. The van der Waals surface area contributed by atoms with Gasteiger partial charge in [-0.2, -0.15) is 0 Å². The molecule has 7 nitrogen and oxygen atoms in total. The number of hydrogen-bond donors (Lipinski definition) is 1. The van der Waals surface area contributed by atoms with Crippen LogP contribution in [0.1, 0.15) is 13.2 Å². The number of carbonyl (C=O) groups is 1. The minimum atomic E-state index is -0.513. The highest BCUT2D eigenvalue weighted by atomic mass is 32.2. The van der Waals surface area contributed by atoms with Crippen molar-refractivity contribution in [1.29, 1.82) is 0 Å². The van der Waals surface area contributed by atoms with Crippen LogP contribution < -0.4 is 11.2 Å². The van der Waals surface area contributed by atoms with Gasteiger partial charge in [-0.15, -0.1) is 11.8 Å². The molecular formula is C10H12N2O5S. The highest BCUT2D eigenvalue weighted by Crippen LogP contribution is 2.30. The SMILES string of the molecule is CC(=O)OC[C@H]1O[C@@H](n2ccc(=O)[nH]c2=O)CS1. The second-order valence-electron chi connectivity index (χ2n) is 3.67. The van der Waals surface area contributed by atoms with E-state index in [4.69, 9.17) is 9.47 Å². The highest BCUT2D eigenvalue weighted by Gasteiger charge is 2.28. The first-order valence-corrected chi connectivity index (χ1v) is 6.33. The van der Waals surface area contributed by atoms with Gasteiger partial charge in [0.05, 0.1) is 0 Å². The third-order valence-electron chi connectivity index (χ3n) is 2.32. The molecule has 0 radical (unpaired) electrons. The van der Waals surface area contributed by atoms with Crippen molar-refractivity contribution >= 4 is 17.7 Å². The summed E-state index contributed by atoms with van der Waals surface area (Å²) in [4.78, 5) is 35.3. The Morgan fingerprint density at radius 3 is 3.11 bits per heavy atom. The number of ether oxygens (including phenoxy) is 2. The molecule has 1 N–H and O–H groups in total. The summed E-state index contributed by atoms with van der Waals surface area (Å²) < 4.78 is 11.7. The van der Waals surface area contributed by atoms with Crippen molar-refractivity contribution in [2.24, 2.45) is 0 Å². The first kappa shape index (κ1) is 12.9. The molecule has 0 bridgehead atoms. The molecule has 1 aliphatic heterocycles. The highest BCUT2D eigenvalue weighted by molar-refractivity contribution is 8.00. The average Bonchev–Trinajstić information content (AvgIpc) is 2.75. The van der Waals surface area contributed by atoms with E-state index in [0.29, 0.717) is 5.75 Å². The third-order valence-corrected chi connectivity index (χ3v) is 3.41. The summed E-state index contributed by atoms with van der Waals surface area (Å²) in [5.74, 6) is 0.182. The standard InChI is InChI=1S/C10H12N2O5S/c1-6(13)16-4-9-17-8(5-18-9)12-3-2-7(14)11-10(12)15/h2-3,8-9H,4-5H2,1H3,(H,11,14,15)/t8-,9+/m1/s1. The van der Waals surface area contributed by atoms with Crippen molar-refractivity contribution in [3.63, 3.8) is 0 Å². The summed E-state index contributed by atoms with van der Waals surface area (Å²) in [7, 11) is 0. The molecule has 1 aromatic heterocycles. The van der Waals surface area contributed by atoms with Gasteiger partial charge in [0.1, 0.15) is 18.3 Å². The van der Waals surface area contributed by atoms with Crippen molar-refractivity contribution in [2.45, 2.75) is 18.6 Å². The van der Waals surface area contributed by atoms with E-state index in [1.807, 2.05) is 0 Å². The normalized spacial score (nSPS) is 22.9. The Hall–Kier alpha value is -1.54. The van der Waals surface area contributed by atoms with E-state index in [2.05, 4.69) is 4.98 Å². The lowest BCUT2D eigenvalue weighted by Gasteiger charge is -2.14. The zero-order chi connectivity index (χ0) is 13.1.